The van der Waals surface area contributed by atoms with Crippen LogP contribution in [0.1, 0.15) is 13.3 Å². The van der Waals surface area contributed by atoms with E-state index >= 15 is 0 Å². The molecule has 0 heterocycles. The van der Waals surface area contributed by atoms with Crippen LogP contribution in [-0.4, -0.2) is 19.8 Å². The lowest BCUT2D eigenvalue weighted by Gasteiger charge is -2.08. The first-order valence-corrected chi connectivity index (χ1v) is 4.75. The van der Waals surface area contributed by atoms with Crippen molar-refractivity contribution in [2.45, 2.75) is 19.4 Å². The molecule has 3 nitrogen and oxygen atoms in total. The van der Waals surface area contributed by atoms with Crippen LogP contribution < -0.4 is 15.2 Å². The third-order valence-electron chi connectivity index (χ3n) is 1.88. The van der Waals surface area contributed by atoms with E-state index in [2.05, 4.69) is 0 Å². The molecule has 0 aliphatic rings. The van der Waals surface area contributed by atoms with Gasteiger partial charge in [0.15, 0.2) is 0 Å². The van der Waals surface area contributed by atoms with Crippen LogP contribution in [0.25, 0.3) is 0 Å². The number of hydrogen-bond acceptors (Lipinski definition) is 3. The predicted molar refractivity (Wildman–Crippen MR) is 56.8 cm³/mol. The lowest BCUT2D eigenvalue weighted by atomic mass is 10.3. The topological polar surface area (TPSA) is 44.5 Å². The Bertz CT molecular complexity index is 274. The van der Waals surface area contributed by atoms with E-state index in [0.29, 0.717) is 6.61 Å². The Balaban J connectivity index is 2.42. The van der Waals surface area contributed by atoms with E-state index in [0.717, 1.165) is 17.9 Å². The molecule has 0 aliphatic carbocycles. The summed E-state index contributed by atoms with van der Waals surface area (Å²) in [5.74, 6) is 1.63. The smallest absolute Gasteiger partial charge is 0.122 e. The standard InChI is InChI=1S/C11H17NO2/c1-9(12)6-7-14-11-5-3-4-10(8-11)13-2/h3-5,8-9H,6-7,12H2,1-2H3. The fourth-order valence-corrected chi connectivity index (χ4v) is 1.05. The van der Waals surface area contributed by atoms with E-state index in [1.807, 2.05) is 31.2 Å². The molecular weight excluding hydrogens is 178 g/mol. The fourth-order valence-electron chi connectivity index (χ4n) is 1.05. The highest BCUT2D eigenvalue weighted by Crippen LogP contribution is 2.18. The van der Waals surface area contributed by atoms with Crippen molar-refractivity contribution in [3.05, 3.63) is 24.3 Å². The van der Waals surface area contributed by atoms with Crippen LogP contribution in [0.3, 0.4) is 0 Å². The van der Waals surface area contributed by atoms with Gasteiger partial charge in [-0.05, 0) is 25.5 Å². The maximum Gasteiger partial charge on any atom is 0.122 e. The minimum absolute atomic E-state index is 0.181. The van der Waals surface area contributed by atoms with Gasteiger partial charge in [0.2, 0.25) is 0 Å². The molecule has 1 unspecified atom stereocenters. The first-order valence-electron chi connectivity index (χ1n) is 4.75. The summed E-state index contributed by atoms with van der Waals surface area (Å²) >= 11 is 0. The average Bonchev–Trinajstić information content (AvgIpc) is 2.18. The lowest BCUT2D eigenvalue weighted by Crippen LogP contribution is -2.18. The highest BCUT2D eigenvalue weighted by atomic mass is 16.5. The van der Waals surface area contributed by atoms with Crippen LogP contribution in [0.5, 0.6) is 11.5 Å². The second-order valence-electron chi connectivity index (χ2n) is 3.29. The monoisotopic (exact) mass is 195 g/mol. The van der Waals surface area contributed by atoms with Gasteiger partial charge < -0.3 is 15.2 Å². The number of methoxy groups -OCH3 is 1. The van der Waals surface area contributed by atoms with Crippen LogP contribution in [0.2, 0.25) is 0 Å². The molecule has 0 saturated heterocycles. The zero-order chi connectivity index (χ0) is 10.4. The van der Waals surface area contributed by atoms with Crippen molar-refractivity contribution in [3.8, 4) is 11.5 Å². The number of benzene rings is 1. The molecular formula is C11H17NO2. The molecule has 78 valence electrons. The van der Waals surface area contributed by atoms with Gasteiger partial charge in [-0.15, -0.1) is 0 Å². The predicted octanol–water partition coefficient (Wildman–Crippen LogP) is 1.81. The molecule has 0 aliphatic heterocycles. The normalized spacial score (nSPS) is 12.2. The van der Waals surface area contributed by atoms with Crippen LogP contribution in [0.4, 0.5) is 0 Å². The zero-order valence-corrected chi connectivity index (χ0v) is 8.69. The summed E-state index contributed by atoms with van der Waals surface area (Å²) in [5, 5.41) is 0. The zero-order valence-electron chi connectivity index (χ0n) is 8.69. The summed E-state index contributed by atoms with van der Waals surface area (Å²) in [7, 11) is 1.64. The van der Waals surface area contributed by atoms with Gasteiger partial charge in [-0.25, -0.2) is 0 Å². The number of nitrogens with two attached hydrogens (primary N) is 1. The Morgan fingerprint density at radius 2 is 2.07 bits per heavy atom. The van der Waals surface area contributed by atoms with Gasteiger partial charge in [-0.2, -0.15) is 0 Å². The van der Waals surface area contributed by atoms with Gasteiger partial charge in [-0.1, -0.05) is 6.07 Å². The maximum atomic E-state index is 5.61. The minimum Gasteiger partial charge on any atom is -0.497 e. The summed E-state index contributed by atoms with van der Waals surface area (Å²) in [5.41, 5.74) is 5.61. The third kappa shape index (κ3) is 3.66. The molecule has 14 heavy (non-hydrogen) atoms. The molecule has 0 fully saturated rings. The second kappa shape index (κ2) is 5.50. The molecule has 0 spiro atoms. The SMILES string of the molecule is COc1cccc(OCCC(C)N)c1. The van der Waals surface area contributed by atoms with Crippen LogP contribution in [0.15, 0.2) is 24.3 Å². The van der Waals surface area contributed by atoms with E-state index in [1.54, 1.807) is 7.11 Å². The van der Waals surface area contributed by atoms with E-state index in [1.165, 1.54) is 0 Å². The molecule has 1 aromatic carbocycles. The molecule has 2 N–H and O–H groups in total. The van der Waals surface area contributed by atoms with E-state index in [4.69, 9.17) is 15.2 Å². The van der Waals surface area contributed by atoms with Gasteiger partial charge in [0.25, 0.3) is 0 Å². The summed E-state index contributed by atoms with van der Waals surface area (Å²) in [6.45, 7) is 2.61. The molecule has 1 rings (SSSR count). The first-order chi connectivity index (χ1) is 6.72. The highest BCUT2D eigenvalue weighted by Gasteiger charge is 1.98. The summed E-state index contributed by atoms with van der Waals surface area (Å²) < 4.78 is 10.6. The van der Waals surface area contributed by atoms with Crippen LogP contribution >= 0.6 is 0 Å². The van der Waals surface area contributed by atoms with E-state index < -0.39 is 0 Å². The molecule has 3 heteroatoms. The van der Waals surface area contributed by atoms with Crippen molar-refractivity contribution in [2.75, 3.05) is 13.7 Å². The summed E-state index contributed by atoms with van der Waals surface area (Å²) in [6.07, 6.45) is 0.858. The largest absolute Gasteiger partial charge is 0.497 e. The lowest BCUT2D eigenvalue weighted by molar-refractivity contribution is 0.299. The second-order valence-corrected chi connectivity index (χ2v) is 3.29. The van der Waals surface area contributed by atoms with Gasteiger partial charge in [0, 0.05) is 12.1 Å². The molecule has 1 atom stereocenters. The van der Waals surface area contributed by atoms with Gasteiger partial charge in [0.1, 0.15) is 11.5 Å². The summed E-state index contributed by atoms with van der Waals surface area (Å²) in [6, 6.07) is 7.74. The minimum atomic E-state index is 0.181. The van der Waals surface area contributed by atoms with Crippen molar-refractivity contribution in [3.63, 3.8) is 0 Å². The van der Waals surface area contributed by atoms with E-state index in [9.17, 15) is 0 Å². The average molecular weight is 195 g/mol. The quantitative estimate of drug-likeness (QED) is 0.779. The van der Waals surface area contributed by atoms with Crippen molar-refractivity contribution in [2.24, 2.45) is 5.73 Å². The Kier molecular flexibility index (Phi) is 4.26. The van der Waals surface area contributed by atoms with Crippen LogP contribution in [-0.2, 0) is 0 Å². The molecule has 0 bridgehead atoms. The number of rotatable bonds is 5. The van der Waals surface area contributed by atoms with Crippen molar-refractivity contribution < 1.29 is 9.47 Å². The highest BCUT2D eigenvalue weighted by molar-refractivity contribution is 5.32. The Labute approximate surface area is 84.8 Å². The van der Waals surface area contributed by atoms with Gasteiger partial charge in [0.05, 0.1) is 13.7 Å². The fraction of sp³-hybridized carbons (Fsp3) is 0.455. The van der Waals surface area contributed by atoms with Crippen LogP contribution in [0, 0.1) is 0 Å². The Morgan fingerprint density at radius 3 is 2.71 bits per heavy atom. The molecule has 0 saturated carbocycles. The Hall–Kier alpha value is -1.22. The van der Waals surface area contributed by atoms with Gasteiger partial charge >= 0.3 is 0 Å². The van der Waals surface area contributed by atoms with Crippen molar-refractivity contribution in [1.29, 1.82) is 0 Å². The Morgan fingerprint density at radius 1 is 1.36 bits per heavy atom. The number of ether oxygens (including phenoxy) is 2. The maximum absolute atomic E-state index is 5.61. The van der Waals surface area contributed by atoms with Gasteiger partial charge in [-0.3, -0.25) is 0 Å². The van der Waals surface area contributed by atoms with E-state index in [-0.39, 0.29) is 6.04 Å². The third-order valence-corrected chi connectivity index (χ3v) is 1.88. The van der Waals surface area contributed by atoms with Crippen molar-refractivity contribution in [1.82, 2.24) is 0 Å². The molecule has 0 aromatic heterocycles. The molecule has 0 amide bonds. The molecule has 0 radical (unpaired) electrons. The van der Waals surface area contributed by atoms with Crippen molar-refractivity contribution >= 4 is 0 Å². The molecule has 1 aromatic rings. The first kappa shape index (κ1) is 10.9. The summed E-state index contributed by atoms with van der Waals surface area (Å²) in [4.78, 5) is 0. The number of hydrogen-bond donors (Lipinski definition) is 1.